The third-order valence-corrected chi connectivity index (χ3v) is 3.66. The predicted octanol–water partition coefficient (Wildman–Crippen LogP) is 2.14. The topological polar surface area (TPSA) is 55.0 Å². The molecule has 0 saturated carbocycles. The van der Waals surface area contributed by atoms with Crippen LogP contribution in [0.2, 0.25) is 5.15 Å². The van der Waals surface area contributed by atoms with Gasteiger partial charge >= 0.3 is 0 Å². The highest BCUT2D eigenvalue weighted by molar-refractivity contribution is 6.29. The first-order valence-electron chi connectivity index (χ1n) is 6.63. The lowest BCUT2D eigenvalue weighted by Gasteiger charge is -2.35. The molecule has 0 amide bonds. The van der Waals surface area contributed by atoms with Crippen molar-refractivity contribution in [3.8, 4) is 0 Å². The average molecular weight is 269 g/mol. The van der Waals surface area contributed by atoms with Gasteiger partial charge < -0.3 is 5.73 Å². The van der Waals surface area contributed by atoms with E-state index in [1.807, 2.05) is 6.92 Å². The summed E-state index contributed by atoms with van der Waals surface area (Å²) >= 11 is 5.98. The van der Waals surface area contributed by atoms with Gasteiger partial charge in [-0.3, -0.25) is 4.90 Å². The second-order valence-electron chi connectivity index (χ2n) is 4.95. The Morgan fingerprint density at radius 2 is 2.28 bits per heavy atom. The molecule has 1 unspecified atom stereocenters. The van der Waals surface area contributed by atoms with Crippen molar-refractivity contribution in [2.24, 2.45) is 5.73 Å². The van der Waals surface area contributed by atoms with Gasteiger partial charge in [-0.1, -0.05) is 18.0 Å². The molecule has 2 rings (SSSR count). The second kappa shape index (κ2) is 6.45. The number of aromatic nitrogens is 2. The largest absolute Gasteiger partial charge is 0.330 e. The summed E-state index contributed by atoms with van der Waals surface area (Å²) in [6, 6.07) is 2.37. The summed E-state index contributed by atoms with van der Waals surface area (Å²) in [4.78, 5) is 11.2. The Morgan fingerprint density at radius 3 is 3.00 bits per heavy atom. The second-order valence-corrected chi connectivity index (χ2v) is 5.33. The van der Waals surface area contributed by atoms with Crippen LogP contribution in [-0.2, 0) is 6.54 Å². The van der Waals surface area contributed by atoms with E-state index in [1.165, 1.54) is 19.3 Å². The van der Waals surface area contributed by atoms with E-state index in [0.29, 0.717) is 11.2 Å². The van der Waals surface area contributed by atoms with E-state index in [4.69, 9.17) is 17.3 Å². The van der Waals surface area contributed by atoms with Crippen LogP contribution in [0.15, 0.2) is 6.07 Å². The van der Waals surface area contributed by atoms with E-state index >= 15 is 0 Å². The fourth-order valence-corrected chi connectivity index (χ4v) is 2.88. The molecule has 0 aliphatic carbocycles. The molecule has 100 valence electrons. The summed E-state index contributed by atoms with van der Waals surface area (Å²) in [7, 11) is 0. The van der Waals surface area contributed by atoms with Crippen LogP contribution in [0, 0.1) is 6.92 Å². The minimum Gasteiger partial charge on any atom is -0.330 e. The number of hydrogen-bond donors (Lipinski definition) is 1. The van der Waals surface area contributed by atoms with Gasteiger partial charge in [-0.25, -0.2) is 9.97 Å². The molecule has 2 heterocycles. The van der Waals surface area contributed by atoms with Crippen LogP contribution in [0.3, 0.4) is 0 Å². The predicted molar refractivity (Wildman–Crippen MR) is 73.5 cm³/mol. The number of halogens is 1. The first kappa shape index (κ1) is 13.7. The molecule has 0 radical (unpaired) electrons. The van der Waals surface area contributed by atoms with Crippen LogP contribution < -0.4 is 5.73 Å². The maximum atomic E-state index is 5.98. The molecule has 1 saturated heterocycles. The van der Waals surface area contributed by atoms with Gasteiger partial charge in [0.05, 0.1) is 6.54 Å². The molecule has 1 aromatic rings. The summed E-state index contributed by atoms with van der Waals surface area (Å²) in [5.74, 6) is 0.823. The van der Waals surface area contributed by atoms with Gasteiger partial charge in [0.15, 0.2) is 0 Å². The molecule has 0 spiro atoms. The number of nitrogens with zero attached hydrogens (tertiary/aromatic N) is 3. The van der Waals surface area contributed by atoms with Crippen LogP contribution >= 0.6 is 11.6 Å². The van der Waals surface area contributed by atoms with Crippen LogP contribution in [0.1, 0.15) is 37.2 Å². The van der Waals surface area contributed by atoms with E-state index in [9.17, 15) is 0 Å². The van der Waals surface area contributed by atoms with Crippen molar-refractivity contribution in [2.75, 3.05) is 13.1 Å². The first-order chi connectivity index (χ1) is 8.69. The molecule has 1 aliphatic heterocycles. The highest BCUT2D eigenvalue weighted by Gasteiger charge is 2.22. The summed E-state index contributed by atoms with van der Waals surface area (Å²) in [6.07, 6.45) is 4.84. The quantitative estimate of drug-likeness (QED) is 0.850. The molecular weight excluding hydrogens is 248 g/mol. The van der Waals surface area contributed by atoms with Gasteiger partial charge in [0.1, 0.15) is 11.0 Å². The number of nitrogens with two attached hydrogens (primary N) is 1. The molecule has 4 nitrogen and oxygen atoms in total. The Bertz CT molecular complexity index is 374. The van der Waals surface area contributed by atoms with Crippen LogP contribution in [0.4, 0.5) is 0 Å². The van der Waals surface area contributed by atoms with Crippen molar-refractivity contribution < 1.29 is 0 Å². The molecule has 0 aromatic carbocycles. The lowest BCUT2D eigenvalue weighted by molar-refractivity contribution is 0.130. The molecule has 5 heteroatoms. The number of likely N-dealkylation sites (tertiary alicyclic amines) is 1. The van der Waals surface area contributed by atoms with E-state index < -0.39 is 0 Å². The van der Waals surface area contributed by atoms with Gasteiger partial charge in [-0.05, 0) is 45.3 Å². The summed E-state index contributed by atoms with van der Waals surface area (Å²) in [5, 5.41) is 0.532. The zero-order chi connectivity index (χ0) is 13.0. The minimum atomic E-state index is 0.532. The van der Waals surface area contributed by atoms with Crippen molar-refractivity contribution in [3.63, 3.8) is 0 Å². The molecule has 1 atom stereocenters. The zero-order valence-corrected chi connectivity index (χ0v) is 11.7. The van der Waals surface area contributed by atoms with Gasteiger partial charge in [0.25, 0.3) is 0 Å². The highest BCUT2D eigenvalue weighted by atomic mass is 35.5. The van der Waals surface area contributed by atoms with Crippen LogP contribution in [-0.4, -0.2) is 34.0 Å². The third kappa shape index (κ3) is 3.64. The average Bonchev–Trinajstić information content (AvgIpc) is 2.30. The maximum Gasteiger partial charge on any atom is 0.144 e. The third-order valence-electron chi connectivity index (χ3n) is 3.46. The van der Waals surface area contributed by atoms with Crippen molar-refractivity contribution in [3.05, 3.63) is 22.7 Å². The Kier molecular flexibility index (Phi) is 4.92. The summed E-state index contributed by atoms with van der Waals surface area (Å²) < 4.78 is 0. The number of aryl methyl sites for hydroxylation is 1. The van der Waals surface area contributed by atoms with Crippen molar-refractivity contribution in [1.82, 2.24) is 14.9 Å². The fourth-order valence-electron chi connectivity index (χ4n) is 2.63. The molecule has 1 aliphatic rings. The van der Waals surface area contributed by atoms with E-state index in [-0.39, 0.29) is 0 Å². The summed E-state index contributed by atoms with van der Waals surface area (Å²) in [5.41, 5.74) is 6.61. The monoisotopic (exact) mass is 268 g/mol. The molecule has 2 N–H and O–H groups in total. The first-order valence-corrected chi connectivity index (χ1v) is 7.01. The van der Waals surface area contributed by atoms with Crippen molar-refractivity contribution in [2.45, 2.75) is 45.2 Å². The number of hydrogen-bond acceptors (Lipinski definition) is 4. The molecule has 18 heavy (non-hydrogen) atoms. The Morgan fingerprint density at radius 1 is 1.44 bits per heavy atom. The van der Waals surface area contributed by atoms with Crippen LogP contribution in [0.25, 0.3) is 0 Å². The number of piperidine rings is 1. The van der Waals surface area contributed by atoms with E-state index in [1.54, 1.807) is 6.07 Å². The lowest BCUT2D eigenvalue weighted by Crippen LogP contribution is -2.40. The van der Waals surface area contributed by atoms with Crippen LogP contribution in [0.5, 0.6) is 0 Å². The van der Waals surface area contributed by atoms with Gasteiger partial charge in [-0.2, -0.15) is 0 Å². The minimum absolute atomic E-state index is 0.532. The molecule has 1 aromatic heterocycles. The fraction of sp³-hybridized carbons (Fsp3) is 0.692. The standard InChI is InChI=1S/C13H21ClN4/c1-10-8-12(14)17-13(16-10)9-18-7-3-2-4-11(18)5-6-15/h8,11H,2-7,9,15H2,1H3. The highest BCUT2D eigenvalue weighted by Crippen LogP contribution is 2.21. The number of rotatable bonds is 4. The Balaban J connectivity index is 2.05. The SMILES string of the molecule is Cc1cc(Cl)nc(CN2CCCCC2CCN)n1. The van der Waals surface area contributed by atoms with Gasteiger partial charge in [-0.15, -0.1) is 0 Å². The van der Waals surface area contributed by atoms with Crippen molar-refractivity contribution in [1.29, 1.82) is 0 Å². The van der Waals surface area contributed by atoms with Crippen molar-refractivity contribution >= 4 is 11.6 Å². The maximum absolute atomic E-state index is 5.98. The van der Waals surface area contributed by atoms with Gasteiger partial charge in [0.2, 0.25) is 0 Å². The Labute approximate surface area is 114 Å². The molecular formula is C13H21ClN4. The Hall–Kier alpha value is -0.710. The van der Waals surface area contributed by atoms with Gasteiger partial charge in [0, 0.05) is 11.7 Å². The summed E-state index contributed by atoms with van der Waals surface area (Å²) in [6.45, 7) is 4.59. The van der Waals surface area contributed by atoms with E-state index in [0.717, 1.165) is 37.6 Å². The zero-order valence-electron chi connectivity index (χ0n) is 10.9. The molecule has 0 bridgehead atoms. The smallest absolute Gasteiger partial charge is 0.144 e. The van der Waals surface area contributed by atoms with E-state index in [2.05, 4.69) is 14.9 Å². The lowest BCUT2D eigenvalue weighted by atomic mass is 9.99. The molecule has 1 fully saturated rings. The normalized spacial score (nSPS) is 21.2.